The second-order valence-corrected chi connectivity index (χ2v) is 5.57. The first kappa shape index (κ1) is 15.9. The van der Waals surface area contributed by atoms with E-state index in [4.69, 9.17) is 19.9 Å². The van der Waals surface area contributed by atoms with Crippen molar-refractivity contribution in [2.75, 3.05) is 13.7 Å². The van der Waals surface area contributed by atoms with Gasteiger partial charge in [-0.25, -0.2) is 4.79 Å². The van der Waals surface area contributed by atoms with Crippen LogP contribution in [0.3, 0.4) is 0 Å². The molecule has 0 aromatic heterocycles. The zero-order chi connectivity index (χ0) is 17.3. The monoisotopic (exact) mass is 330 g/mol. The van der Waals surface area contributed by atoms with Gasteiger partial charge in [-0.05, 0) is 30.5 Å². The van der Waals surface area contributed by atoms with Crippen molar-refractivity contribution in [3.63, 3.8) is 0 Å². The van der Waals surface area contributed by atoms with Gasteiger partial charge in [0.2, 0.25) is 0 Å². The third-order valence-electron chi connectivity index (χ3n) is 4.01. The second-order valence-electron chi connectivity index (χ2n) is 5.57. The Balaban J connectivity index is 1.91. The van der Waals surface area contributed by atoms with Crippen LogP contribution in [0.15, 0.2) is 30.3 Å². The number of carbonyl (C=O) groups excluding carboxylic acids is 2. The standard InChI is InChI=1S/C17H18N2O5/c1-9-13(19-17(21)24-9)8-23-14-5-3-4-10-6-12(16(18)20)15(22-2)7-11(10)14/h3-7,9,13H,8H2,1-2H3,(H2,18,20)(H,19,21). The Hall–Kier alpha value is -2.96. The maximum Gasteiger partial charge on any atom is 0.407 e. The second kappa shape index (κ2) is 6.27. The molecule has 2 aromatic rings. The van der Waals surface area contributed by atoms with Gasteiger partial charge in [-0.3, -0.25) is 4.79 Å². The molecular weight excluding hydrogens is 312 g/mol. The van der Waals surface area contributed by atoms with Crippen LogP contribution >= 0.6 is 0 Å². The highest BCUT2D eigenvalue weighted by molar-refractivity contribution is 6.02. The third kappa shape index (κ3) is 2.92. The largest absolute Gasteiger partial charge is 0.496 e. The molecule has 1 heterocycles. The summed E-state index contributed by atoms with van der Waals surface area (Å²) in [7, 11) is 1.48. The maximum atomic E-state index is 11.5. The molecule has 1 saturated heterocycles. The molecule has 2 amide bonds. The number of nitrogens with one attached hydrogen (secondary N) is 1. The van der Waals surface area contributed by atoms with Gasteiger partial charge >= 0.3 is 6.09 Å². The first-order valence-electron chi connectivity index (χ1n) is 7.50. The highest BCUT2D eigenvalue weighted by atomic mass is 16.6. The van der Waals surface area contributed by atoms with Crippen LogP contribution in [0, 0.1) is 0 Å². The zero-order valence-electron chi connectivity index (χ0n) is 13.4. The van der Waals surface area contributed by atoms with E-state index in [-0.39, 0.29) is 18.8 Å². The van der Waals surface area contributed by atoms with Crippen LogP contribution in [-0.4, -0.2) is 37.9 Å². The van der Waals surface area contributed by atoms with Gasteiger partial charge in [-0.1, -0.05) is 12.1 Å². The molecule has 1 aliphatic rings. The highest BCUT2D eigenvalue weighted by Crippen LogP contribution is 2.32. The fourth-order valence-electron chi connectivity index (χ4n) is 2.67. The Morgan fingerprint density at radius 1 is 1.33 bits per heavy atom. The summed E-state index contributed by atoms with van der Waals surface area (Å²) in [6, 6.07) is 8.66. The molecule has 7 heteroatoms. The number of fused-ring (bicyclic) bond motifs is 1. The van der Waals surface area contributed by atoms with E-state index < -0.39 is 12.0 Å². The van der Waals surface area contributed by atoms with Crippen molar-refractivity contribution in [3.05, 3.63) is 35.9 Å². The topological polar surface area (TPSA) is 99.9 Å². The number of carbonyl (C=O) groups is 2. The summed E-state index contributed by atoms with van der Waals surface area (Å²) >= 11 is 0. The lowest BCUT2D eigenvalue weighted by Crippen LogP contribution is -2.35. The number of cyclic esters (lactones) is 1. The highest BCUT2D eigenvalue weighted by Gasteiger charge is 2.31. The molecule has 24 heavy (non-hydrogen) atoms. The summed E-state index contributed by atoms with van der Waals surface area (Å²) in [5, 5.41) is 4.29. The molecule has 0 radical (unpaired) electrons. The molecular formula is C17H18N2O5. The number of methoxy groups -OCH3 is 1. The van der Waals surface area contributed by atoms with Crippen molar-refractivity contribution in [2.45, 2.75) is 19.1 Å². The van der Waals surface area contributed by atoms with Crippen LogP contribution in [0.5, 0.6) is 11.5 Å². The summed E-state index contributed by atoms with van der Waals surface area (Å²) in [6.07, 6.45) is -0.703. The van der Waals surface area contributed by atoms with Crippen LogP contribution < -0.4 is 20.5 Å². The number of hydrogen-bond acceptors (Lipinski definition) is 5. The number of ether oxygens (including phenoxy) is 3. The van der Waals surface area contributed by atoms with Gasteiger partial charge in [0.05, 0.1) is 12.7 Å². The van der Waals surface area contributed by atoms with Crippen LogP contribution in [0.1, 0.15) is 17.3 Å². The van der Waals surface area contributed by atoms with E-state index in [0.717, 1.165) is 10.8 Å². The van der Waals surface area contributed by atoms with Crippen molar-refractivity contribution in [3.8, 4) is 11.5 Å². The SMILES string of the molecule is COc1cc2c(OCC3NC(=O)OC3C)cccc2cc1C(N)=O. The summed E-state index contributed by atoms with van der Waals surface area (Å²) in [5.41, 5.74) is 5.70. The summed E-state index contributed by atoms with van der Waals surface area (Å²) in [5.74, 6) is 0.451. The van der Waals surface area contributed by atoms with Crippen LogP contribution in [0.2, 0.25) is 0 Å². The number of hydrogen-bond donors (Lipinski definition) is 2. The fourth-order valence-corrected chi connectivity index (χ4v) is 2.67. The first-order valence-corrected chi connectivity index (χ1v) is 7.50. The van der Waals surface area contributed by atoms with E-state index >= 15 is 0 Å². The van der Waals surface area contributed by atoms with E-state index in [1.807, 2.05) is 18.2 Å². The summed E-state index contributed by atoms with van der Waals surface area (Å²) in [6.45, 7) is 2.07. The minimum absolute atomic E-state index is 0.223. The quantitative estimate of drug-likeness (QED) is 0.871. The molecule has 1 aliphatic heterocycles. The number of benzene rings is 2. The fraction of sp³-hybridized carbons (Fsp3) is 0.294. The van der Waals surface area contributed by atoms with Crippen LogP contribution in [0.4, 0.5) is 4.79 Å². The van der Waals surface area contributed by atoms with Crippen molar-refractivity contribution in [1.82, 2.24) is 5.32 Å². The maximum absolute atomic E-state index is 11.5. The molecule has 1 fully saturated rings. The van der Waals surface area contributed by atoms with Crippen molar-refractivity contribution >= 4 is 22.8 Å². The van der Waals surface area contributed by atoms with Gasteiger partial charge in [0.25, 0.3) is 5.91 Å². The molecule has 126 valence electrons. The van der Waals surface area contributed by atoms with Crippen molar-refractivity contribution in [1.29, 1.82) is 0 Å². The molecule has 2 unspecified atom stereocenters. The average molecular weight is 330 g/mol. The molecule has 2 atom stereocenters. The molecule has 3 rings (SSSR count). The number of nitrogens with two attached hydrogens (primary N) is 1. The Kier molecular flexibility index (Phi) is 4.16. The van der Waals surface area contributed by atoms with E-state index in [1.165, 1.54) is 7.11 Å². The molecule has 0 spiro atoms. The zero-order valence-corrected chi connectivity index (χ0v) is 13.4. The van der Waals surface area contributed by atoms with Gasteiger partial charge in [0.15, 0.2) is 0 Å². The van der Waals surface area contributed by atoms with E-state index in [1.54, 1.807) is 19.1 Å². The normalized spacial score (nSPS) is 19.7. The first-order chi connectivity index (χ1) is 11.5. The lowest BCUT2D eigenvalue weighted by molar-refractivity contribution is 0.0997. The van der Waals surface area contributed by atoms with Gasteiger partial charge in [0.1, 0.15) is 30.3 Å². The van der Waals surface area contributed by atoms with Gasteiger partial charge in [0, 0.05) is 5.39 Å². The van der Waals surface area contributed by atoms with Crippen molar-refractivity contribution < 1.29 is 23.8 Å². The van der Waals surface area contributed by atoms with Crippen molar-refractivity contribution in [2.24, 2.45) is 5.73 Å². The number of primary amides is 1. The molecule has 0 bridgehead atoms. The van der Waals surface area contributed by atoms with Gasteiger partial charge in [-0.15, -0.1) is 0 Å². The Bertz CT molecular complexity index is 805. The molecule has 2 aromatic carbocycles. The number of rotatable bonds is 5. The lowest BCUT2D eigenvalue weighted by atomic mass is 10.0. The van der Waals surface area contributed by atoms with Crippen LogP contribution in [0.25, 0.3) is 10.8 Å². The molecule has 7 nitrogen and oxygen atoms in total. The molecule has 3 N–H and O–H groups in total. The predicted octanol–water partition coefficient (Wildman–Crippen LogP) is 1.82. The third-order valence-corrected chi connectivity index (χ3v) is 4.01. The van der Waals surface area contributed by atoms with E-state index in [2.05, 4.69) is 5.32 Å². The van der Waals surface area contributed by atoms with Gasteiger partial charge in [-0.2, -0.15) is 0 Å². The molecule has 0 aliphatic carbocycles. The Morgan fingerprint density at radius 3 is 2.75 bits per heavy atom. The summed E-state index contributed by atoms with van der Waals surface area (Å²) < 4.78 is 16.1. The average Bonchev–Trinajstić information content (AvgIpc) is 2.88. The van der Waals surface area contributed by atoms with E-state index in [0.29, 0.717) is 17.1 Å². The van der Waals surface area contributed by atoms with E-state index in [9.17, 15) is 9.59 Å². The number of alkyl carbamates (subject to hydrolysis) is 1. The lowest BCUT2D eigenvalue weighted by Gasteiger charge is -2.16. The number of amides is 2. The predicted molar refractivity (Wildman–Crippen MR) is 87.4 cm³/mol. The smallest absolute Gasteiger partial charge is 0.407 e. The Labute approximate surface area is 138 Å². The van der Waals surface area contributed by atoms with Crippen LogP contribution in [-0.2, 0) is 4.74 Å². The summed E-state index contributed by atoms with van der Waals surface area (Å²) in [4.78, 5) is 22.8. The minimum Gasteiger partial charge on any atom is -0.496 e. The Morgan fingerprint density at radius 2 is 2.12 bits per heavy atom. The minimum atomic E-state index is -0.556. The molecule has 0 saturated carbocycles. The van der Waals surface area contributed by atoms with Gasteiger partial charge < -0.3 is 25.3 Å².